The molecule has 88 heavy (non-hydrogen) atoms. The van der Waals surface area contributed by atoms with Gasteiger partial charge in [0.25, 0.3) is 0 Å². The number of nitrogens with zero attached hydrogens (tertiary/aromatic N) is 3. The number of carbonyl (C=O) groups is 7. The molecule has 7 heterocycles. The van der Waals surface area contributed by atoms with Crippen LogP contribution in [0.5, 0.6) is 28.7 Å². The lowest BCUT2D eigenvalue weighted by Crippen LogP contribution is -2.33. The number of esters is 7. The molecule has 1 aromatic heterocycles. The number of aliphatic imine (C=N–C) groups is 2. The Labute approximate surface area is 501 Å². The van der Waals surface area contributed by atoms with Crippen LogP contribution in [0.1, 0.15) is 49.5 Å². The molecule has 0 saturated carbocycles. The fourth-order valence-electron chi connectivity index (χ4n) is 9.34. The first-order valence-corrected chi connectivity index (χ1v) is 26.5. The number of nitrogens with one attached hydrogen (secondary N) is 1. The summed E-state index contributed by atoms with van der Waals surface area (Å²) in [6, 6.07) is 16.5. The number of rotatable bonds is 15. The summed E-state index contributed by atoms with van der Waals surface area (Å²) >= 11 is 0. The van der Waals surface area contributed by atoms with Crippen molar-refractivity contribution in [3.63, 3.8) is 0 Å². The third-order valence-electron chi connectivity index (χ3n) is 13.8. The van der Waals surface area contributed by atoms with E-state index in [9.17, 15) is 38.7 Å². The van der Waals surface area contributed by atoms with Gasteiger partial charge in [-0.05, 0) is 77.6 Å². The van der Waals surface area contributed by atoms with Crippen LogP contribution in [-0.4, -0.2) is 179 Å². The highest BCUT2D eigenvalue weighted by molar-refractivity contribution is 6.41. The highest BCUT2D eigenvalue weighted by atomic mass is 16.7. The number of aromatic amines is 1. The van der Waals surface area contributed by atoms with Crippen molar-refractivity contribution >= 4 is 64.9 Å². The zero-order valence-electron chi connectivity index (χ0n) is 48.7. The molecule has 2 fully saturated rings. The minimum atomic E-state index is -0.780. The quantitative estimate of drug-likeness (QED) is 0.0339. The van der Waals surface area contributed by atoms with E-state index in [-0.39, 0.29) is 86.3 Å². The van der Waals surface area contributed by atoms with E-state index < -0.39 is 53.6 Å². The maximum absolute atomic E-state index is 12.1. The Bertz CT molecular complexity index is 3650. The zero-order valence-corrected chi connectivity index (χ0v) is 48.7. The Balaban J connectivity index is 0.000000152. The molecule has 5 unspecified atom stereocenters. The molecule has 5 atom stereocenters. The van der Waals surface area contributed by atoms with Crippen molar-refractivity contribution in [3.8, 4) is 28.7 Å². The largest absolute Gasteiger partial charge is 0.616 e. The summed E-state index contributed by atoms with van der Waals surface area (Å²) in [5, 5.41) is 12.1. The predicted octanol–water partition coefficient (Wildman–Crippen LogP) is 2.09. The third kappa shape index (κ3) is 14.9. The van der Waals surface area contributed by atoms with Crippen LogP contribution in [0.25, 0.3) is 11.6 Å². The maximum Gasteiger partial charge on any atom is 0.412 e. The van der Waals surface area contributed by atoms with E-state index in [4.69, 9.17) is 56.5 Å². The Morgan fingerprint density at radius 3 is 2.02 bits per heavy atom. The number of carbonyl (C=O) groups excluding carboxylic acids is 7. The second-order valence-corrected chi connectivity index (χ2v) is 18.8. The number of benzene rings is 3. The molecule has 0 bridgehead atoms. The molecule has 464 valence electrons. The normalized spacial score (nSPS) is 19.7. The van der Waals surface area contributed by atoms with Gasteiger partial charge in [0.05, 0.1) is 79.9 Å². The van der Waals surface area contributed by atoms with Crippen LogP contribution < -0.4 is 39.4 Å². The SMILES string of the molecule is COC(=O)C(C=C([O-])OC)=NC/C=c1/ccc2c(c1)OC[O+]=2.COC(=O)C1=NCC(c2ccc3c(c2)OCO3)C1C(=O)OC.COC(=O)C=C(C(=O)OC)N1CC1c1ccc2c(c1)OCO2.COC(=O)c1[nH]cc(C2=CC3OCOC3C=C2)c1C(=O)OC. The fraction of sp³-hybridized carbons (Fsp3) is 0.333. The smallest absolute Gasteiger partial charge is 0.412 e. The average Bonchev–Trinajstić information content (AvgIpc) is 3.67. The van der Waals surface area contributed by atoms with Crippen molar-refractivity contribution in [2.75, 3.05) is 104 Å². The number of fused-ring (bicyclic) bond motifs is 4. The molecule has 0 spiro atoms. The summed E-state index contributed by atoms with van der Waals surface area (Å²) in [6.45, 7) is 1.93. The van der Waals surface area contributed by atoms with Crippen molar-refractivity contribution in [2.45, 2.75) is 24.2 Å². The van der Waals surface area contributed by atoms with Crippen LogP contribution in [-0.2, 0) is 71.3 Å². The van der Waals surface area contributed by atoms with Gasteiger partial charge in [0.2, 0.25) is 19.3 Å². The molecule has 11 rings (SSSR count). The van der Waals surface area contributed by atoms with Gasteiger partial charge in [-0.2, -0.15) is 0 Å². The lowest BCUT2D eigenvalue weighted by atomic mass is 9.85. The highest BCUT2D eigenvalue weighted by Crippen LogP contribution is 2.44. The molecular weight excluding hydrogens is 1160 g/mol. The Morgan fingerprint density at radius 2 is 1.36 bits per heavy atom. The van der Waals surface area contributed by atoms with Gasteiger partial charge in [-0.1, -0.05) is 30.4 Å². The molecule has 1 N–H and O–H groups in total. The van der Waals surface area contributed by atoms with E-state index >= 15 is 0 Å². The number of H-pyrrole nitrogens is 1. The molecular formula is C60H60N4O24. The number of allylic oxidation sites excluding steroid dienone is 2. The van der Waals surface area contributed by atoms with Crippen molar-refractivity contribution in [1.82, 2.24) is 9.88 Å². The minimum absolute atomic E-state index is 0.00972. The van der Waals surface area contributed by atoms with Crippen LogP contribution in [0.4, 0.5) is 0 Å². The Kier molecular flexibility index (Phi) is 21.3. The maximum atomic E-state index is 12.1. The first kappa shape index (κ1) is 63.5. The van der Waals surface area contributed by atoms with Crippen molar-refractivity contribution in [3.05, 3.63) is 146 Å². The summed E-state index contributed by atoms with van der Waals surface area (Å²) in [5.74, 6) is -2.68. The number of aromatic nitrogens is 1. The lowest BCUT2D eigenvalue weighted by Gasteiger charge is -2.18. The molecule has 0 amide bonds. The predicted molar refractivity (Wildman–Crippen MR) is 302 cm³/mol. The second kappa shape index (κ2) is 29.6. The van der Waals surface area contributed by atoms with Gasteiger partial charge >= 0.3 is 54.0 Å². The molecule has 7 aliphatic rings. The van der Waals surface area contributed by atoms with E-state index in [1.165, 1.54) is 56.9 Å². The monoisotopic (exact) mass is 1220 g/mol. The molecule has 2 saturated heterocycles. The summed E-state index contributed by atoms with van der Waals surface area (Å²) in [6.07, 6.45) is 10.7. The lowest BCUT2D eigenvalue weighted by molar-refractivity contribution is -0.352. The first-order chi connectivity index (χ1) is 42.6. The summed E-state index contributed by atoms with van der Waals surface area (Å²) in [4.78, 5) is 95.2. The van der Waals surface area contributed by atoms with Crippen molar-refractivity contribution < 1.29 is 110 Å². The van der Waals surface area contributed by atoms with Gasteiger partial charge < -0.3 is 86.0 Å². The van der Waals surface area contributed by atoms with Gasteiger partial charge in [-0.25, -0.2) is 33.2 Å². The second-order valence-electron chi connectivity index (χ2n) is 18.8. The summed E-state index contributed by atoms with van der Waals surface area (Å²) in [7, 11) is 10.0. The van der Waals surface area contributed by atoms with E-state index in [1.807, 2.05) is 48.6 Å². The summed E-state index contributed by atoms with van der Waals surface area (Å²) in [5.41, 5.74) is 4.17. The van der Waals surface area contributed by atoms with Crippen LogP contribution in [0.3, 0.4) is 0 Å². The summed E-state index contributed by atoms with van der Waals surface area (Å²) < 4.78 is 79.8. The number of methoxy groups -OCH3 is 8. The molecule has 0 radical (unpaired) electrons. The molecule has 28 heteroatoms. The molecule has 6 aliphatic heterocycles. The topological polar surface area (TPSA) is 336 Å². The minimum Gasteiger partial charge on any atom is -0.616 e. The fourth-order valence-corrected chi connectivity index (χ4v) is 9.34. The third-order valence-corrected chi connectivity index (χ3v) is 13.8. The molecule has 4 aromatic rings. The molecule has 1 aliphatic carbocycles. The van der Waals surface area contributed by atoms with Crippen molar-refractivity contribution in [2.24, 2.45) is 15.9 Å². The van der Waals surface area contributed by atoms with Gasteiger partial charge in [0.1, 0.15) is 47.7 Å². The van der Waals surface area contributed by atoms with E-state index in [2.05, 4.69) is 33.9 Å². The number of ether oxygens (including phenoxy) is 15. The van der Waals surface area contributed by atoms with Gasteiger partial charge in [0.15, 0.2) is 23.0 Å². The average molecular weight is 1220 g/mol. The zero-order chi connectivity index (χ0) is 63.0. The molecule has 28 nitrogen and oxygen atoms in total. The number of hydrogen-bond donors (Lipinski definition) is 1. The highest BCUT2D eigenvalue weighted by Gasteiger charge is 2.44. The number of hydrogen-bond acceptors (Lipinski definition) is 26. The van der Waals surface area contributed by atoms with E-state index in [0.717, 1.165) is 34.1 Å². The van der Waals surface area contributed by atoms with Gasteiger partial charge in [-0.15, -0.1) is 0 Å². The van der Waals surface area contributed by atoms with E-state index in [0.29, 0.717) is 52.8 Å². The van der Waals surface area contributed by atoms with Crippen LogP contribution >= 0.6 is 0 Å². The van der Waals surface area contributed by atoms with Gasteiger partial charge in [-0.3, -0.25) is 14.8 Å². The Hall–Kier alpha value is -10.5. The first-order valence-electron chi connectivity index (χ1n) is 26.5. The molecule has 3 aromatic carbocycles. The van der Waals surface area contributed by atoms with Crippen molar-refractivity contribution in [1.29, 1.82) is 0 Å². The Morgan fingerprint density at radius 1 is 0.693 bits per heavy atom. The van der Waals surface area contributed by atoms with Crippen LogP contribution in [0.2, 0.25) is 0 Å². The van der Waals surface area contributed by atoms with E-state index in [1.54, 1.807) is 41.4 Å². The van der Waals surface area contributed by atoms with Gasteiger partial charge in [0, 0.05) is 36.8 Å². The van der Waals surface area contributed by atoms with Crippen LogP contribution in [0.15, 0.2) is 117 Å². The standard InChI is InChI=1S/4C15H15NO6/c1-19-14(17)6-10(15(18)20-2)16-7-11(16)9-3-4-12-13(5-9)22-8-21-12;2*1-19-14(17)12-9(6-16-13(12)15(18)20-2)8-3-4-10-11(5-8)22-7-21-10;1-19-14(17)8-11(15(18)20-2)16-6-5-10-3-4-12-13(7-10)22-9-21-12/h3-6,11H,7-8H2,1-2H3;3-5,9,12H,6-7H2,1-2H3;3-6,10-11,16H,7H2,1-2H3;3-5,7-8H,6,9H2,1-2H3/b;;;10-5-. The van der Waals surface area contributed by atoms with Crippen LogP contribution in [0, 0.1) is 5.92 Å².